The zero-order chi connectivity index (χ0) is 23.3. The van der Waals surface area contributed by atoms with Gasteiger partial charge in [-0.3, -0.25) is 4.79 Å². The molecule has 0 saturated carbocycles. The normalized spacial score (nSPS) is 18.1. The average Bonchev–Trinajstić information content (AvgIpc) is 3.44. The monoisotopic (exact) mass is 455 g/mol. The molecule has 5 nitrogen and oxygen atoms in total. The van der Waals surface area contributed by atoms with Crippen molar-refractivity contribution in [3.05, 3.63) is 75.1 Å². The van der Waals surface area contributed by atoms with E-state index in [1.807, 2.05) is 36.1 Å². The van der Waals surface area contributed by atoms with E-state index < -0.39 is 23.4 Å². The second kappa shape index (κ2) is 8.02. The number of anilines is 1. The maximum Gasteiger partial charge on any atom is 0.418 e. The lowest BCUT2D eigenvalue weighted by Gasteiger charge is -2.22. The fourth-order valence-electron chi connectivity index (χ4n) is 4.79. The van der Waals surface area contributed by atoms with Crippen LogP contribution < -0.4 is 10.5 Å². The van der Waals surface area contributed by atoms with E-state index in [1.165, 1.54) is 12.1 Å². The molecule has 3 aromatic rings. The summed E-state index contributed by atoms with van der Waals surface area (Å²) in [5.41, 5.74) is 2.59. The largest absolute Gasteiger partial charge is 0.418 e. The topological polar surface area (TPSA) is 58.4 Å². The van der Waals surface area contributed by atoms with Crippen LogP contribution in [0.3, 0.4) is 0 Å². The lowest BCUT2D eigenvalue weighted by Crippen LogP contribution is -2.29. The number of nitrogens with zero attached hydrogens (tertiary/aromatic N) is 3. The van der Waals surface area contributed by atoms with Crippen molar-refractivity contribution in [3.8, 4) is 16.9 Å². The molecule has 1 fully saturated rings. The molecule has 1 aromatic heterocycles. The second-order valence-corrected chi connectivity index (χ2v) is 8.83. The highest BCUT2D eigenvalue weighted by Gasteiger charge is 2.36. The Kier molecular flexibility index (Phi) is 5.28. The molecule has 1 atom stereocenters. The first-order valence-corrected chi connectivity index (χ1v) is 11.1. The van der Waals surface area contributed by atoms with Crippen molar-refractivity contribution in [2.45, 2.75) is 44.9 Å². The maximum atomic E-state index is 14.0. The molecule has 5 rings (SSSR count). The van der Waals surface area contributed by atoms with Gasteiger partial charge < -0.3 is 10.0 Å². The predicted molar refractivity (Wildman–Crippen MR) is 120 cm³/mol. The summed E-state index contributed by atoms with van der Waals surface area (Å²) >= 11 is 0. The lowest BCUT2D eigenvalue weighted by atomic mass is 10.0. The number of hydrogen-bond donors (Lipinski definition) is 1. The second-order valence-electron chi connectivity index (χ2n) is 8.83. The summed E-state index contributed by atoms with van der Waals surface area (Å²) in [7, 11) is 0. The van der Waals surface area contributed by atoms with E-state index >= 15 is 0 Å². The minimum absolute atomic E-state index is 0.283. The summed E-state index contributed by atoms with van der Waals surface area (Å²) in [5, 5.41) is 14.4. The minimum Gasteiger partial charge on any atom is -0.391 e. The van der Waals surface area contributed by atoms with E-state index in [-0.39, 0.29) is 5.69 Å². The smallest absolute Gasteiger partial charge is 0.391 e. The Labute approximate surface area is 189 Å². The third-order valence-corrected chi connectivity index (χ3v) is 6.52. The zero-order valence-corrected chi connectivity index (χ0v) is 18.2. The van der Waals surface area contributed by atoms with Crippen molar-refractivity contribution in [3.63, 3.8) is 0 Å². The van der Waals surface area contributed by atoms with Crippen molar-refractivity contribution < 1.29 is 18.3 Å². The SMILES string of the molecule is Cc1ccc(-c2nn(-c3cc(N4CCC(O)C4)ccc3C(F)(F)F)c(=O)c3c2CCC3)cc1. The van der Waals surface area contributed by atoms with Crippen LogP contribution in [0.1, 0.15) is 35.1 Å². The first-order valence-electron chi connectivity index (χ1n) is 11.1. The van der Waals surface area contributed by atoms with E-state index in [4.69, 9.17) is 0 Å². The molecule has 1 aliphatic carbocycles. The summed E-state index contributed by atoms with van der Waals surface area (Å²) in [5.74, 6) is 0. The number of halogens is 3. The number of alkyl halides is 3. The van der Waals surface area contributed by atoms with Crippen LogP contribution in [0.25, 0.3) is 16.9 Å². The highest BCUT2D eigenvalue weighted by atomic mass is 19.4. The van der Waals surface area contributed by atoms with Gasteiger partial charge in [0.15, 0.2) is 0 Å². The number of hydrogen-bond acceptors (Lipinski definition) is 4. The molecule has 0 spiro atoms. The Morgan fingerprint density at radius 1 is 1.06 bits per heavy atom. The standard InChI is InChI=1S/C25H24F3N3O2/c1-15-5-7-16(8-6-15)23-19-3-2-4-20(19)24(33)31(29-23)22-13-17(30-12-11-18(32)14-30)9-10-21(22)25(26,27)28/h5-10,13,18,32H,2-4,11-12,14H2,1H3. The van der Waals surface area contributed by atoms with E-state index in [1.54, 1.807) is 0 Å². The first-order chi connectivity index (χ1) is 15.7. The van der Waals surface area contributed by atoms with Crippen molar-refractivity contribution in [1.82, 2.24) is 9.78 Å². The number of rotatable bonds is 3. The van der Waals surface area contributed by atoms with Crippen LogP contribution in [0.4, 0.5) is 18.9 Å². The van der Waals surface area contributed by atoms with Crippen LogP contribution in [0.5, 0.6) is 0 Å². The van der Waals surface area contributed by atoms with Crippen molar-refractivity contribution in [1.29, 1.82) is 0 Å². The van der Waals surface area contributed by atoms with Crippen LogP contribution in [0.15, 0.2) is 47.3 Å². The summed E-state index contributed by atoms with van der Waals surface area (Å²) < 4.78 is 42.9. The molecule has 2 aromatic carbocycles. The molecule has 1 unspecified atom stereocenters. The van der Waals surface area contributed by atoms with Gasteiger partial charge in [-0.05, 0) is 56.4 Å². The zero-order valence-electron chi connectivity index (χ0n) is 18.2. The number of β-amino-alcohol motifs (C(OH)–C–C–N with tert-alkyl or cyclic N) is 1. The van der Waals surface area contributed by atoms with Crippen LogP contribution in [-0.4, -0.2) is 34.1 Å². The molecule has 1 N–H and O–H groups in total. The maximum absolute atomic E-state index is 14.0. The van der Waals surface area contributed by atoms with Crippen LogP contribution in [0.2, 0.25) is 0 Å². The van der Waals surface area contributed by atoms with E-state index in [9.17, 15) is 23.1 Å². The first kappa shape index (κ1) is 21.7. The number of aryl methyl sites for hydroxylation is 1. The molecular weight excluding hydrogens is 431 g/mol. The Morgan fingerprint density at radius 3 is 2.45 bits per heavy atom. The summed E-state index contributed by atoms with van der Waals surface area (Å²) in [6.07, 6.45) is -2.65. The molecule has 172 valence electrons. The van der Waals surface area contributed by atoms with E-state index in [0.717, 1.165) is 33.9 Å². The van der Waals surface area contributed by atoms with Crippen LogP contribution in [-0.2, 0) is 19.0 Å². The van der Waals surface area contributed by atoms with Gasteiger partial charge in [0, 0.05) is 29.9 Å². The summed E-state index contributed by atoms with van der Waals surface area (Å²) in [6, 6.07) is 11.4. The molecule has 0 amide bonds. The molecule has 33 heavy (non-hydrogen) atoms. The summed E-state index contributed by atoms with van der Waals surface area (Å²) in [4.78, 5) is 15.2. The van der Waals surface area contributed by atoms with Crippen molar-refractivity contribution in [2.24, 2.45) is 0 Å². The molecule has 2 aliphatic rings. The van der Waals surface area contributed by atoms with Gasteiger partial charge >= 0.3 is 6.18 Å². The predicted octanol–water partition coefficient (Wildman–Crippen LogP) is 4.29. The van der Waals surface area contributed by atoms with Crippen molar-refractivity contribution >= 4 is 5.69 Å². The third-order valence-electron chi connectivity index (χ3n) is 6.52. The van der Waals surface area contributed by atoms with Gasteiger partial charge in [-0.1, -0.05) is 29.8 Å². The Bertz CT molecular complexity index is 1270. The molecular formula is C25H24F3N3O2. The van der Waals surface area contributed by atoms with Gasteiger partial charge in [-0.2, -0.15) is 23.0 Å². The number of benzene rings is 2. The Morgan fingerprint density at radius 2 is 1.79 bits per heavy atom. The minimum atomic E-state index is -4.65. The molecule has 1 aliphatic heterocycles. The van der Waals surface area contributed by atoms with E-state index in [2.05, 4.69) is 5.10 Å². The number of aliphatic hydroxyl groups is 1. The Hall–Kier alpha value is -3.13. The average molecular weight is 455 g/mol. The van der Waals surface area contributed by atoms with Gasteiger partial charge in [-0.15, -0.1) is 0 Å². The van der Waals surface area contributed by atoms with Crippen LogP contribution >= 0.6 is 0 Å². The lowest BCUT2D eigenvalue weighted by molar-refractivity contribution is -0.137. The number of fused-ring (bicyclic) bond motifs is 1. The highest BCUT2D eigenvalue weighted by molar-refractivity contribution is 5.66. The van der Waals surface area contributed by atoms with Gasteiger partial charge in [-0.25, -0.2) is 0 Å². The molecule has 0 radical (unpaired) electrons. The molecule has 2 heterocycles. The molecule has 0 bridgehead atoms. The van der Waals surface area contributed by atoms with Crippen LogP contribution in [0, 0.1) is 6.92 Å². The van der Waals surface area contributed by atoms with Gasteiger partial charge in [0.2, 0.25) is 0 Å². The Balaban J connectivity index is 1.74. The summed E-state index contributed by atoms with van der Waals surface area (Å²) in [6.45, 7) is 2.83. The van der Waals surface area contributed by atoms with Gasteiger partial charge in [0.1, 0.15) is 0 Å². The molecule has 1 saturated heterocycles. The van der Waals surface area contributed by atoms with E-state index in [0.29, 0.717) is 49.3 Å². The fourth-order valence-corrected chi connectivity index (χ4v) is 4.79. The molecule has 8 heteroatoms. The fraction of sp³-hybridized carbons (Fsp3) is 0.360. The highest BCUT2D eigenvalue weighted by Crippen LogP contribution is 2.37. The van der Waals surface area contributed by atoms with Crippen molar-refractivity contribution in [2.75, 3.05) is 18.0 Å². The van der Waals surface area contributed by atoms with Gasteiger partial charge in [0.25, 0.3) is 5.56 Å². The number of aliphatic hydroxyl groups excluding tert-OH is 1. The number of aromatic nitrogens is 2. The van der Waals surface area contributed by atoms with Gasteiger partial charge in [0.05, 0.1) is 23.0 Å². The quantitative estimate of drug-likeness (QED) is 0.640. The third kappa shape index (κ3) is 3.93.